The molecule has 3 nitrogen and oxygen atoms in total. The first kappa shape index (κ1) is 11.0. The summed E-state index contributed by atoms with van der Waals surface area (Å²) >= 11 is 1.73. The average Bonchev–Trinajstić information content (AvgIpc) is 3.09. The lowest BCUT2D eigenvalue weighted by atomic mass is 10.0. The number of aromatic nitrogens is 2. The predicted octanol–water partition coefficient (Wildman–Crippen LogP) is 2.91. The number of hydrogen-bond acceptors (Lipinski definition) is 3. The van der Waals surface area contributed by atoms with Crippen LogP contribution >= 0.6 is 11.3 Å². The number of thiophene rings is 1. The molecule has 0 radical (unpaired) electrons. The van der Waals surface area contributed by atoms with Crippen LogP contribution in [-0.4, -0.2) is 16.1 Å². The van der Waals surface area contributed by atoms with E-state index in [9.17, 15) is 0 Å². The fourth-order valence-corrected chi connectivity index (χ4v) is 3.51. The van der Waals surface area contributed by atoms with Gasteiger partial charge >= 0.3 is 0 Å². The summed E-state index contributed by atoms with van der Waals surface area (Å²) in [6.45, 7) is 0.784. The van der Waals surface area contributed by atoms with Gasteiger partial charge in [-0.2, -0.15) is 11.3 Å². The zero-order chi connectivity index (χ0) is 11.7. The number of nitrogens with two attached hydrogens (primary N) is 1. The summed E-state index contributed by atoms with van der Waals surface area (Å²) in [4.78, 5) is 4.32. The molecule has 1 fully saturated rings. The summed E-state index contributed by atoms with van der Waals surface area (Å²) in [5, 5.41) is 4.29. The van der Waals surface area contributed by atoms with Crippen LogP contribution in [-0.2, 0) is 0 Å². The van der Waals surface area contributed by atoms with Crippen molar-refractivity contribution in [2.45, 2.75) is 25.3 Å². The van der Waals surface area contributed by atoms with Crippen molar-refractivity contribution in [2.75, 3.05) is 6.54 Å². The highest BCUT2D eigenvalue weighted by molar-refractivity contribution is 7.08. The highest BCUT2D eigenvalue weighted by atomic mass is 32.1. The first-order chi connectivity index (χ1) is 8.40. The number of imidazole rings is 1. The first-order valence-electron chi connectivity index (χ1n) is 6.14. The zero-order valence-corrected chi connectivity index (χ0v) is 10.6. The lowest BCUT2D eigenvalue weighted by molar-refractivity contribution is 0.390. The molecular weight excluding hydrogens is 230 g/mol. The van der Waals surface area contributed by atoms with Crippen molar-refractivity contribution in [3.63, 3.8) is 0 Å². The summed E-state index contributed by atoms with van der Waals surface area (Å²) in [5.41, 5.74) is 8.37. The summed E-state index contributed by atoms with van der Waals surface area (Å²) in [5.74, 6) is 0.613. The molecule has 4 heteroatoms. The van der Waals surface area contributed by atoms with Crippen molar-refractivity contribution in [2.24, 2.45) is 11.7 Å². The highest BCUT2D eigenvalue weighted by Gasteiger charge is 2.28. The maximum absolute atomic E-state index is 5.87. The van der Waals surface area contributed by atoms with Crippen LogP contribution in [0.5, 0.6) is 0 Å². The molecule has 2 heterocycles. The molecule has 90 valence electrons. The Hall–Kier alpha value is -1.13. The van der Waals surface area contributed by atoms with Gasteiger partial charge in [0.1, 0.15) is 0 Å². The standard InChI is InChI=1S/C13H17N3S/c14-6-10-2-1-3-12(10)16-9-15-7-13(16)11-4-5-17-8-11/h4-5,7-10,12H,1-3,6,14H2. The Balaban J connectivity index is 1.96. The van der Waals surface area contributed by atoms with E-state index < -0.39 is 0 Å². The van der Waals surface area contributed by atoms with E-state index in [2.05, 4.69) is 26.4 Å². The number of nitrogens with zero attached hydrogens (tertiary/aromatic N) is 2. The SMILES string of the molecule is NCC1CCCC1n1cncc1-c1ccsc1. The molecule has 1 saturated carbocycles. The molecule has 2 unspecified atom stereocenters. The molecule has 3 rings (SSSR count). The lowest BCUT2D eigenvalue weighted by Gasteiger charge is -2.21. The van der Waals surface area contributed by atoms with Gasteiger partial charge in [-0.3, -0.25) is 0 Å². The molecule has 0 spiro atoms. The van der Waals surface area contributed by atoms with Crippen LogP contribution in [0.1, 0.15) is 25.3 Å². The normalized spacial score (nSPS) is 24.3. The van der Waals surface area contributed by atoms with Crippen LogP contribution in [0, 0.1) is 5.92 Å². The van der Waals surface area contributed by atoms with Gasteiger partial charge in [0.2, 0.25) is 0 Å². The van der Waals surface area contributed by atoms with Crippen molar-refractivity contribution in [3.8, 4) is 11.3 Å². The molecule has 0 aromatic carbocycles. The Morgan fingerprint density at radius 1 is 1.47 bits per heavy atom. The molecule has 0 saturated heterocycles. The molecule has 2 atom stereocenters. The van der Waals surface area contributed by atoms with Gasteiger partial charge in [-0.15, -0.1) is 0 Å². The summed E-state index contributed by atoms with van der Waals surface area (Å²) in [7, 11) is 0. The molecule has 1 aliphatic carbocycles. The smallest absolute Gasteiger partial charge is 0.0953 e. The molecule has 2 N–H and O–H groups in total. The fourth-order valence-electron chi connectivity index (χ4n) is 2.86. The molecular formula is C13H17N3S. The second kappa shape index (κ2) is 4.63. The third-order valence-corrected chi connectivity index (χ3v) is 4.45. The van der Waals surface area contributed by atoms with Crippen molar-refractivity contribution in [3.05, 3.63) is 29.4 Å². The maximum atomic E-state index is 5.87. The minimum absolute atomic E-state index is 0.539. The Morgan fingerprint density at radius 2 is 2.41 bits per heavy atom. The van der Waals surface area contributed by atoms with Gasteiger partial charge in [0, 0.05) is 17.0 Å². The molecule has 2 aromatic rings. The predicted molar refractivity (Wildman–Crippen MR) is 71.0 cm³/mol. The summed E-state index contributed by atoms with van der Waals surface area (Å²) in [6, 6.07) is 2.70. The number of hydrogen-bond donors (Lipinski definition) is 1. The van der Waals surface area contributed by atoms with E-state index in [0.717, 1.165) is 6.54 Å². The molecule has 0 bridgehead atoms. The van der Waals surface area contributed by atoms with E-state index in [0.29, 0.717) is 12.0 Å². The van der Waals surface area contributed by atoms with E-state index in [1.165, 1.54) is 30.5 Å². The van der Waals surface area contributed by atoms with Crippen molar-refractivity contribution >= 4 is 11.3 Å². The van der Waals surface area contributed by atoms with Gasteiger partial charge < -0.3 is 10.3 Å². The van der Waals surface area contributed by atoms with Gasteiger partial charge in [-0.05, 0) is 36.8 Å². The first-order valence-corrected chi connectivity index (χ1v) is 7.09. The third kappa shape index (κ3) is 1.91. The van der Waals surface area contributed by atoms with Crippen molar-refractivity contribution < 1.29 is 0 Å². The largest absolute Gasteiger partial charge is 0.330 e. The van der Waals surface area contributed by atoms with Gasteiger partial charge in [-0.25, -0.2) is 4.98 Å². The van der Waals surface area contributed by atoms with Crippen molar-refractivity contribution in [1.29, 1.82) is 0 Å². The van der Waals surface area contributed by atoms with E-state index in [-0.39, 0.29) is 0 Å². The Labute approximate surface area is 105 Å². The van der Waals surface area contributed by atoms with Gasteiger partial charge in [-0.1, -0.05) is 6.42 Å². The second-order valence-electron chi connectivity index (χ2n) is 4.69. The van der Waals surface area contributed by atoms with E-state index in [4.69, 9.17) is 5.73 Å². The minimum atomic E-state index is 0.539. The van der Waals surface area contributed by atoms with E-state index in [1.54, 1.807) is 11.3 Å². The topological polar surface area (TPSA) is 43.8 Å². The van der Waals surface area contributed by atoms with Gasteiger partial charge in [0.15, 0.2) is 0 Å². The van der Waals surface area contributed by atoms with Crippen LogP contribution in [0.2, 0.25) is 0 Å². The van der Waals surface area contributed by atoms with E-state index >= 15 is 0 Å². The van der Waals surface area contributed by atoms with Crippen LogP contribution < -0.4 is 5.73 Å². The molecule has 1 aliphatic rings. The van der Waals surface area contributed by atoms with Crippen molar-refractivity contribution in [1.82, 2.24) is 9.55 Å². The Kier molecular flexibility index (Phi) is 2.99. The fraction of sp³-hybridized carbons (Fsp3) is 0.462. The lowest BCUT2D eigenvalue weighted by Crippen LogP contribution is -2.21. The van der Waals surface area contributed by atoms with E-state index in [1.807, 2.05) is 12.5 Å². The van der Waals surface area contributed by atoms with Crippen LogP contribution in [0.15, 0.2) is 29.4 Å². The minimum Gasteiger partial charge on any atom is -0.330 e. The van der Waals surface area contributed by atoms with Gasteiger partial charge in [0.25, 0.3) is 0 Å². The molecule has 0 amide bonds. The van der Waals surface area contributed by atoms with Crippen LogP contribution in [0.4, 0.5) is 0 Å². The zero-order valence-electron chi connectivity index (χ0n) is 9.75. The summed E-state index contributed by atoms with van der Waals surface area (Å²) < 4.78 is 2.33. The monoisotopic (exact) mass is 247 g/mol. The Morgan fingerprint density at radius 3 is 3.18 bits per heavy atom. The second-order valence-corrected chi connectivity index (χ2v) is 5.47. The molecule has 17 heavy (non-hydrogen) atoms. The molecule has 2 aromatic heterocycles. The number of rotatable bonds is 3. The maximum Gasteiger partial charge on any atom is 0.0953 e. The average molecular weight is 247 g/mol. The quantitative estimate of drug-likeness (QED) is 0.906. The van der Waals surface area contributed by atoms with Crippen LogP contribution in [0.25, 0.3) is 11.3 Å². The summed E-state index contributed by atoms with van der Waals surface area (Å²) in [6.07, 6.45) is 7.70. The van der Waals surface area contributed by atoms with Gasteiger partial charge in [0.05, 0.1) is 18.2 Å². The Bertz CT molecular complexity index is 475. The highest BCUT2D eigenvalue weighted by Crippen LogP contribution is 2.37. The molecule has 0 aliphatic heterocycles. The third-order valence-electron chi connectivity index (χ3n) is 3.76. The van der Waals surface area contributed by atoms with Crippen LogP contribution in [0.3, 0.4) is 0 Å².